The molecule has 108 valence electrons. The van der Waals surface area contributed by atoms with Gasteiger partial charge in [-0.25, -0.2) is 0 Å². The molecule has 20 heavy (non-hydrogen) atoms. The minimum atomic E-state index is -0.790. The number of nitrogens with one attached hydrogen (secondary N) is 1. The smallest absolute Gasteiger partial charge is 0.311 e. The lowest BCUT2D eigenvalue weighted by molar-refractivity contribution is -0.150. The van der Waals surface area contributed by atoms with Crippen molar-refractivity contribution in [2.45, 2.75) is 39.0 Å². The number of benzene rings is 1. The molecule has 1 aliphatic rings. The molecule has 0 aliphatic heterocycles. The Balaban J connectivity index is 2.00. The van der Waals surface area contributed by atoms with Crippen molar-refractivity contribution < 1.29 is 14.7 Å². The third-order valence-electron chi connectivity index (χ3n) is 4.17. The van der Waals surface area contributed by atoms with Crippen LogP contribution in [0.25, 0.3) is 0 Å². The van der Waals surface area contributed by atoms with Gasteiger partial charge in [0.05, 0.1) is 5.41 Å². The molecule has 1 aromatic rings. The number of carbonyl (C=O) groups is 2. The standard InChI is InChI=1S/C16H21NO3/c1-12-5-7-13(8-6-12)14(18)17-11-16(15(19)20)9-3-2-4-10-16/h5-8H,2-4,9-11H2,1H3,(H,17,18)(H,19,20). The van der Waals surface area contributed by atoms with Crippen molar-refractivity contribution in [2.75, 3.05) is 6.54 Å². The lowest BCUT2D eigenvalue weighted by Gasteiger charge is -2.33. The quantitative estimate of drug-likeness (QED) is 0.888. The van der Waals surface area contributed by atoms with Gasteiger partial charge in [0, 0.05) is 12.1 Å². The maximum atomic E-state index is 12.1. The molecule has 0 saturated heterocycles. The zero-order valence-electron chi connectivity index (χ0n) is 11.8. The average Bonchev–Trinajstić information content (AvgIpc) is 2.46. The number of rotatable bonds is 4. The first kappa shape index (κ1) is 14.6. The SMILES string of the molecule is Cc1ccc(C(=O)NCC2(C(=O)O)CCCCC2)cc1. The average molecular weight is 275 g/mol. The molecule has 0 unspecified atom stereocenters. The Morgan fingerprint density at radius 3 is 2.30 bits per heavy atom. The van der Waals surface area contributed by atoms with Crippen molar-refractivity contribution in [1.29, 1.82) is 0 Å². The molecule has 1 saturated carbocycles. The molecule has 1 fully saturated rings. The number of aryl methyl sites for hydroxylation is 1. The van der Waals surface area contributed by atoms with Gasteiger partial charge in [0.25, 0.3) is 5.91 Å². The van der Waals surface area contributed by atoms with E-state index >= 15 is 0 Å². The van der Waals surface area contributed by atoms with Crippen molar-refractivity contribution in [3.05, 3.63) is 35.4 Å². The van der Waals surface area contributed by atoms with Crippen LogP contribution in [0.1, 0.15) is 48.0 Å². The highest BCUT2D eigenvalue weighted by molar-refractivity contribution is 5.94. The van der Waals surface area contributed by atoms with E-state index in [1.54, 1.807) is 12.1 Å². The third-order valence-corrected chi connectivity index (χ3v) is 4.17. The van der Waals surface area contributed by atoms with Crippen LogP contribution < -0.4 is 5.32 Å². The fourth-order valence-corrected chi connectivity index (χ4v) is 2.75. The second-order valence-electron chi connectivity index (χ2n) is 5.69. The summed E-state index contributed by atoms with van der Waals surface area (Å²) < 4.78 is 0. The van der Waals surface area contributed by atoms with Crippen LogP contribution in [0.3, 0.4) is 0 Å². The van der Waals surface area contributed by atoms with E-state index in [0.29, 0.717) is 18.4 Å². The summed E-state index contributed by atoms with van der Waals surface area (Å²) in [5, 5.41) is 12.2. The van der Waals surface area contributed by atoms with Gasteiger partial charge in [-0.3, -0.25) is 9.59 Å². The summed E-state index contributed by atoms with van der Waals surface area (Å²) in [6.07, 6.45) is 4.23. The van der Waals surface area contributed by atoms with E-state index in [4.69, 9.17) is 0 Å². The minimum Gasteiger partial charge on any atom is -0.481 e. The van der Waals surface area contributed by atoms with Gasteiger partial charge in [-0.2, -0.15) is 0 Å². The first-order chi connectivity index (χ1) is 9.53. The molecule has 2 N–H and O–H groups in total. The number of hydrogen-bond donors (Lipinski definition) is 2. The zero-order valence-corrected chi connectivity index (χ0v) is 11.8. The number of carboxylic acids is 1. The Morgan fingerprint density at radius 2 is 1.75 bits per heavy atom. The largest absolute Gasteiger partial charge is 0.481 e. The Hall–Kier alpha value is -1.84. The van der Waals surface area contributed by atoms with Gasteiger partial charge in [-0.15, -0.1) is 0 Å². The van der Waals surface area contributed by atoms with Crippen molar-refractivity contribution in [2.24, 2.45) is 5.41 Å². The van der Waals surface area contributed by atoms with E-state index in [2.05, 4.69) is 5.32 Å². The molecule has 0 bridgehead atoms. The van der Waals surface area contributed by atoms with Gasteiger partial charge in [0.15, 0.2) is 0 Å². The van der Waals surface area contributed by atoms with E-state index in [1.165, 1.54) is 0 Å². The topological polar surface area (TPSA) is 66.4 Å². The number of amides is 1. The van der Waals surface area contributed by atoms with Gasteiger partial charge in [-0.05, 0) is 31.9 Å². The number of hydrogen-bond acceptors (Lipinski definition) is 2. The molecule has 1 aromatic carbocycles. The number of carboxylic acid groups (broad SMARTS) is 1. The highest BCUT2D eigenvalue weighted by atomic mass is 16.4. The van der Waals surface area contributed by atoms with Gasteiger partial charge in [0.1, 0.15) is 0 Å². The van der Waals surface area contributed by atoms with Crippen molar-refractivity contribution >= 4 is 11.9 Å². The summed E-state index contributed by atoms with van der Waals surface area (Å²) in [5.74, 6) is -0.988. The normalized spacial score (nSPS) is 17.4. The van der Waals surface area contributed by atoms with Crippen LogP contribution >= 0.6 is 0 Å². The van der Waals surface area contributed by atoms with E-state index in [1.807, 2.05) is 19.1 Å². The van der Waals surface area contributed by atoms with E-state index in [-0.39, 0.29) is 12.5 Å². The maximum absolute atomic E-state index is 12.1. The molecular weight excluding hydrogens is 254 g/mol. The van der Waals surface area contributed by atoms with Crippen molar-refractivity contribution in [1.82, 2.24) is 5.32 Å². The summed E-state index contributed by atoms with van der Waals surface area (Å²) in [4.78, 5) is 23.6. The summed E-state index contributed by atoms with van der Waals surface area (Å²) in [6.45, 7) is 2.18. The molecule has 0 spiro atoms. The Labute approximate surface area is 119 Å². The Bertz CT molecular complexity index is 487. The molecule has 0 heterocycles. The minimum absolute atomic E-state index is 0.198. The van der Waals surface area contributed by atoms with Crippen LogP contribution in [-0.2, 0) is 4.79 Å². The van der Waals surface area contributed by atoms with Crippen molar-refractivity contribution in [3.63, 3.8) is 0 Å². The molecular formula is C16H21NO3. The van der Waals surface area contributed by atoms with Gasteiger partial charge >= 0.3 is 5.97 Å². The van der Waals surface area contributed by atoms with Gasteiger partial charge < -0.3 is 10.4 Å². The number of aliphatic carboxylic acids is 1. The Kier molecular flexibility index (Phi) is 4.42. The lowest BCUT2D eigenvalue weighted by Crippen LogP contribution is -2.44. The van der Waals surface area contributed by atoms with Crippen LogP contribution in [0, 0.1) is 12.3 Å². The highest BCUT2D eigenvalue weighted by Crippen LogP contribution is 2.36. The summed E-state index contributed by atoms with van der Waals surface area (Å²) >= 11 is 0. The van der Waals surface area contributed by atoms with E-state index < -0.39 is 11.4 Å². The highest BCUT2D eigenvalue weighted by Gasteiger charge is 2.39. The molecule has 1 aliphatic carbocycles. The predicted molar refractivity (Wildman–Crippen MR) is 76.7 cm³/mol. The van der Waals surface area contributed by atoms with E-state index in [0.717, 1.165) is 24.8 Å². The lowest BCUT2D eigenvalue weighted by atomic mass is 9.74. The predicted octanol–water partition coefficient (Wildman–Crippen LogP) is 2.76. The third kappa shape index (κ3) is 3.18. The molecule has 0 atom stereocenters. The second kappa shape index (κ2) is 6.07. The van der Waals surface area contributed by atoms with Gasteiger partial charge in [0.2, 0.25) is 0 Å². The van der Waals surface area contributed by atoms with Gasteiger partial charge in [-0.1, -0.05) is 37.0 Å². The molecule has 2 rings (SSSR count). The summed E-state index contributed by atoms with van der Waals surface area (Å²) in [6, 6.07) is 7.28. The maximum Gasteiger partial charge on any atom is 0.311 e. The van der Waals surface area contributed by atoms with E-state index in [9.17, 15) is 14.7 Å². The fraction of sp³-hybridized carbons (Fsp3) is 0.500. The van der Waals surface area contributed by atoms with Crippen LogP contribution in [-0.4, -0.2) is 23.5 Å². The summed E-state index contributed by atoms with van der Waals surface area (Å²) in [5.41, 5.74) is 0.890. The Morgan fingerprint density at radius 1 is 1.15 bits per heavy atom. The molecule has 1 amide bonds. The second-order valence-corrected chi connectivity index (χ2v) is 5.69. The number of carbonyl (C=O) groups excluding carboxylic acids is 1. The monoisotopic (exact) mass is 275 g/mol. The van der Waals surface area contributed by atoms with Crippen molar-refractivity contribution in [3.8, 4) is 0 Å². The first-order valence-corrected chi connectivity index (χ1v) is 7.12. The van der Waals surface area contributed by atoms with Crippen LogP contribution in [0.4, 0.5) is 0 Å². The zero-order chi connectivity index (χ0) is 14.6. The van der Waals surface area contributed by atoms with Crippen LogP contribution in [0.15, 0.2) is 24.3 Å². The molecule has 4 nitrogen and oxygen atoms in total. The van der Waals surface area contributed by atoms with Crippen LogP contribution in [0.5, 0.6) is 0 Å². The molecule has 4 heteroatoms. The van der Waals surface area contributed by atoms with Crippen LogP contribution in [0.2, 0.25) is 0 Å². The summed E-state index contributed by atoms with van der Waals surface area (Å²) in [7, 11) is 0. The first-order valence-electron chi connectivity index (χ1n) is 7.12. The molecule has 0 radical (unpaired) electrons. The molecule has 0 aromatic heterocycles. The fourth-order valence-electron chi connectivity index (χ4n) is 2.75.